The van der Waals surface area contributed by atoms with Crippen molar-refractivity contribution in [3.63, 3.8) is 0 Å². The van der Waals surface area contributed by atoms with Crippen LogP contribution in [-0.2, 0) is 9.59 Å². The summed E-state index contributed by atoms with van der Waals surface area (Å²) in [6.45, 7) is 4.85. The topological polar surface area (TPSA) is 66.6 Å². The Labute approximate surface area is 90.2 Å². The van der Waals surface area contributed by atoms with E-state index in [0.29, 0.717) is 45.6 Å². The number of nitrogens with two attached hydrogens (primary N) is 1. The lowest BCUT2D eigenvalue weighted by Crippen LogP contribution is -2.50. The highest BCUT2D eigenvalue weighted by molar-refractivity contribution is 5.78. The first-order valence-electron chi connectivity index (χ1n) is 5.44. The molecule has 15 heavy (non-hydrogen) atoms. The third kappa shape index (κ3) is 3.20. The van der Waals surface area contributed by atoms with Crippen LogP contribution in [0.3, 0.4) is 0 Å². The molecule has 1 heterocycles. The van der Waals surface area contributed by atoms with Crippen LogP contribution in [0.5, 0.6) is 0 Å². The molecule has 0 atom stereocenters. The smallest absolute Gasteiger partial charge is 0.223 e. The molecule has 0 aromatic heterocycles. The molecule has 1 aliphatic heterocycles. The molecule has 1 rings (SSSR count). The van der Waals surface area contributed by atoms with Gasteiger partial charge in [0.15, 0.2) is 0 Å². The van der Waals surface area contributed by atoms with Crippen molar-refractivity contribution < 1.29 is 9.59 Å². The van der Waals surface area contributed by atoms with Crippen LogP contribution in [0.15, 0.2) is 0 Å². The zero-order valence-corrected chi connectivity index (χ0v) is 9.24. The quantitative estimate of drug-likeness (QED) is 0.682. The van der Waals surface area contributed by atoms with E-state index in [1.54, 1.807) is 4.90 Å². The minimum absolute atomic E-state index is 0.0982. The van der Waals surface area contributed by atoms with Crippen LogP contribution >= 0.6 is 0 Å². The summed E-state index contributed by atoms with van der Waals surface area (Å²) in [6.07, 6.45) is 0.943. The second-order valence-electron chi connectivity index (χ2n) is 3.65. The van der Waals surface area contributed by atoms with Gasteiger partial charge < -0.3 is 15.5 Å². The zero-order chi connectivity index (χ0) is 11.3. The van der Waals surface area contributed by atoms with Gasteiger partial charge in [-0.25, -0.2) is 0 Å². The van der Waals surface area contributed by atoms with Gasteiger partial charge in [-0.3, -0.25) is 9.59 Å². The van der Waals surface area contributed by atoms with Crippen LogP contribution in [-0.4, -0.2) is 54.3 Å². The number of carbonyl (C=O) groups is 2. The van der Waals surface area contributed by atoms with Gasteiger partial charge in [0.1, 0.15) is 0 Å². The third-order valence-electron chi connectivity index (χ3n) is 2.65. The van der Waals surface area contributed by atoms with Gasteiger partial charge in [0.25, 0.3) is 0 Å². The Morgan fingerprint density at radius 2 is 1.53 bits per heavy atom. The van der Waals surface area contributed by atoms with Crippen LogP contribution in [0.2, 0.25) is 0 Å². The standard InChI is InChI=1S/C10H19N3O2/c1-2-9(14)12-5-7-13(8-6-12)10(15)3-4-11/h2-8,11H2,1H3. The van der Waals surface area contributed by atoms with Crippen LogP contribution in [0, 0.1) is 0 Å². The number of hydrogen-bond donors (Lipinski definition) is 1. The maximum absolute atomic E-state index is 11.5. The molecule has 2 N–H and O–H groups in total. The number of nitrogens with zero attached hydrogens (tertiary/aromatic N) is 2. The molecule has 0 unspecified atom stereocenters. The predicted octanol–water partition coefficient (Wildman–Crippen LogP) is -0.584. The first kappa shape index (κ1) is 12.0. The first-order chi connectivity index (χ1) is 7.19. The fourth-order valence-electron chi connectivity index (χ4n) is 1.71. The minimum atomic E-state index is 0.0982. The van der Waals surface area contributed by atoms with Crippen LogP contribution in [0.25, 0.3) is 0 Å². The Morgan fingerprint density at radius 3 is 1.93 bits per heavy atom. The minimum Gasteiger partial charge on any atom is -0.339 e. The number of carbonyl (C=O) groups excluding carboxylic acids is 2. The van der Waals surface area contributed by atoms with Crippen molar-refractivity contribution in [2.75, 3.05) is 32.7 Å². The van der Waals surface area contributed by atoms with E-state index in [0.717, 1.165) is 0 Å². The average Bonchev–Trinajstić information content (AvgIpc) is 2.28. The van der Waals surface area contributed by atoms with Crippen molar-refractivity contribution in [1.82, 2.24) is 9.80 Å². The molecule has 86 valence electrons. The molecular weight excluding hydrogens is 194 g/mol. The fourth-order valence-corrected chi connectivity index (χ4v) is 1.71. The van der Waals surface area contributed by atoms with Crippen molar-refractivity contribution >= 4 is 11.8 Å². The monoisotopic (exact) mass is 213 g/mol. The Bertz CT molecular complexity index is 235. The Morgan fingerprint density at radius 1 is 1.07 bits per heavy atom. The summed E-state index contributed by atoms with van der Waals surface area (Å²) in [4.78, 5) is 26.5. The Balaban J connectivity index is 2.35. The number of piperazine rings is 1. The molecule has 5 nitrogen and oxygen atoms in total. The average molecular weight is 213 g/mol. The molecule has 1 saturated heterocycles. The lowest BCUT2D eigenvalue weighted by molar-refractivity contribution is -0.139. The molecule has 0 aliphatic carbocycles. The highest BCUT2D eigenvalue weighted by Gasteiger charge is 2.22. The summed E-state index contributed by atoms with van der Waals surface area (Å²) >= 11 is 0. The van der Waals surface area contributed by atoms with E-state index in [2.05, 4.69) is 0 Å². The van der Waals surface area contributed by atoms with E-state index in [4.69, 9.17) is 5.73 Å². The van der Waals surface area contributed by atoms with Crippen molar-refractivity contribution in [3.8, 4) is 0 Å². The van der Waals surface area contributed by atoms with Gasteiger partial charge in [0, 0.05) is 45.6 Å². The lowest BCUT2D eigenvalue weighted by atomic mass is 10.2. The molecule has 0 aromatic rings. The largest absolute Gasteiger partial charge is 0.339 e. The van der Waals surface area contributed by atoms with E-state index >= 15 is 0 Å². The second-order valence-corrected chi connectivity index (χ2v) is 3.65. The van der Waals surface area contributed by atoms with Gasteiger partial charge in [-0.1, -0.05) is 6.92 Å². The molecule has 2 amide bonds. The number of amides is 2. The summed E-state index contributed by atoms with van der Waals surface area (Å²) in [6, 6.07) is 0. The van der Waals surface area contributed by atoms with Crippen molar-refractivity contribution in [3.05, 3.63) is 0 Å². The van der Waals surface area contributed by atoms with Crippen molar-refractivity contribution in [2.45, 2.75) is 19.8 Å². The molecule has 0 aromatic carbocycles. The number of rotatable bonds is 3. The third-order valence-corrected chi connectivity index (χ3v) is 2.65. The summed E-state index contributed by atoms with van der Waals surface area (Å²) in [5.74, 6) is 0.266. The van der Waals surface area contributed by atoms with Crippen LogP contribution in [0.4, 0.5) is 0 Å². The first-order valence-corrected chi connectivity index (χ1v) is 5.44. The molecule has 0 bridgehead atoms. The summed E-state index contributed by atoms with van der Waals surface area (Å²) in [5, 5.41) is 0. The van der Waals surface area contributed by atoms with E-state index in [1.807, 2.05) is 11.8 Å². The molecule has 0 saturated carbocycles. The van der Waals surface area contributed by atoms with Crippen molar-refractivity contribution in [1.29, 1.82) is 0 Å². The highest BCUT2D eigenvalue weighted by atomic mass is 16.2. The predicted molar refractivity (Wildman–Crippen MR) is 57.1 cm³/mol. The zero-order valence-electron chi connectivity index (χ0n) is 9.24. The number of hydrogen-bond acceptors (Lipinski definition) is 3. The fraction of sp³-hybridized carbons (Fsp3) is 0.800. The van der Waals surface area contributed by atoms with Crippen LogP contribution < -0.4 is 5.73 Å². The molecule has 0 spiro atoms. The molecule has 1 fully saturated rings. The molecule has 1 aliphatic rings. The SMILES string of the molecule is CCC(=O)N1CCN(C(=O)CCN)CC1. The van der Waals surface area contributed by atoms with Gasteiger partial charge in [-0.2, -0.15) is 0 Å². The van der Waals surface area contributed by atoms with Gasteiger partial charge in [0.05, 0.1) is 0 Å². The molecule has 0 radical (unpaired) electrons. The van der Waals surface area contributed by atoms with E-state index in [1.165, 1.54) is 0 Å². The van der Waals surface area contributed by atoms with E-state index < -0.39 is 0 Å². The normalized spacial score (nSPS) is 16.7. The second kappa shape index (κ2) is 5.70. The maximum atomic E-state index is 11.5. The molecular formula is C10H19N3O2. The van der Waals surface area contributed by atoms with Crippen molar-refractivity contribution in [2.24, 2.45) is 5.73 Å². The lowest BCUT2D eigenvalue weighted by Gasteiger charge is -2.34. The van der Waals surface area contributed by atoms with Gasteiger partial charge in [-0.15, -0.1) is 0 Å². The van der Waals surface area contributed by atoms with E-state index in [-0.39, 0.29) is 11.8 Å². The summed E-state index contributed by atoms with van der Waals surface area (Å²) in [5.41, 5.74) is 5.32. The van der Waals surface area contributed by atoms with Gasteiger partial charge in [-0.05, 0) is 0 Å². The maximum Gasteiger partial charge on any atom is 0.223 e. The summed E-state index contributed by atoms with van der Waals surface area (Å²) in [7, 11) is 0. The van der Waals surface area contributed by atoms with Gasteiger partial charge >= 0.3 is 0 Å². The highest BCUT2D eigenvalue weighted by Crippen LogP contribution is 2.04. The Kier molecular flexibility index (Phi) is 4.55. The molecule has 5 heteroatoms. The summed E-state index contributed by atoms with van der Waals surface area (Å²) < 4.78 is 0. The van der Waals surface area contributed by atoms with Gasteiger partial charge in [0.2, 0.25) is 11.8 Å². The van der Waals surface area contributed by atoms with Crippen LogP contribution in [0.1, 0.15) is 19.8 Å². The Hall–Kier alpha value is -1.10. The van der Waals surface area contributed by atoms with E-state index in [9.17, 15) is 9.59 Å².